The first-order valence-corrected chi connectivity index (χ1v) is 6.43. The molecule has 98 valence electrons. The first kappa shape index (κ1) is 12.8. The van der Waals surface area contributed by atoms with E-state index < -0.39 is 0 Å². The number of hydrogen-bond acceptors (Lipinski definition) is 3. The summed E-state index contributed by atoms with van der Waals surface area (Å²) >= 11 is 0. The third-order valence-corrected chi connectivity index (χ3v) is 3.20. The van der Waals surface area contributed by atoms with Gasteiger partial charge in [-0.25, -0.2) is 0 Å². The fourth-order valence-corrected chi connectivity index (χ4v) is 2.32. The Kier molecular flexibility index (Phi) is 4.15. The van der Waals surface area contributed by atoms with Crippen LogP contribution < -0.4 is 10.9 Å². The van der Waals surface area contributed by atoms with Crippen LogP contribution in [-0.2, 0) is 0 Å². The quantitative estimate of drug-likeness (QED) is 0.820. The third kappa shape index (κ3) is 2.79. The first-order chi connectivity index (χ1) is 8.72. The number of pyridine rings is 1. The predicted octanol–water partition coefficient (Wildman–Crippen LogP) is 0.589. The zero-order chi connectivity index (χ0) is 13.0. The second-order valence-corrected chi connectivity index (χ2v) is 4.57. The Balaban J connectivity index is 2.19. The number of aromatic nitrogens is 1. The lowest BCUT2D eigenvalue weighted by molar-refractivity contribution is 0.0686. The van der Waals surface area contributed by atoms with E-state index in [0.29, 0.717) is 5.69 Å². The molecule has 0 aromatic carbocycles. The Morgan fingerprint density at radius 2 is 2.33 bits per heavy atom. The summed E-state index contributed by atoms with van der Waals surface area (Å²) in [6.45, 7) is 4.56. The van der Waals surface area contributed by atoms with Crippen molar-refractivity contribution in [1.82, 2.24) is 15.2 Å². The van der Waals surface area contributed by atoms with Gasteiger partial charge < -0.3 is 15.2 Å². The lowest BCUT2D eigenvalue weighted by Crippen LogP contribution is -2.42. The maximum atomic E-state index is 12.4. The highest BCUT2D eigenvalue weighted by Gasteiger charge is 2.26. The average Bonchev–Trinajstić information content (AvgIpc) is 2.89. The van der Waals surface area contributed by atoms with Crippen LogP contribution in [0.4, 0.5) is 0 Å². The Bertz CT molecular complexity index is 463. The minimum absolute atomic E-state index is 0.0803. The Morgan fingerprint density at radius 1 is 1.50 bits per heavy atom. The minimum atomic E-state index is -0.234. The van der Waals surface area contributed by atoms with Crippen molar-refractivity contribution in [3.05, 3.63) is 34.2 Å². The van der Waals surface area contributed by atoms with Gasteiger partial charge in [-0.05, 0) is 25.5 Å². The molecule has 0 spiro atoms. The topological polar surface area (TPSA) is 65.2 Å². The number of hydrogen-bond donors (Lipinski definition) is 2. The molecule has 5 nitrogen and oxygen atoms in total. The number of amides is 1. The maximum absolute atomic E-state index is 12.4. The van der Waals surface area contributed by atoms with Crippen molar-refractivity contribution in [2.45, 2.75) is 25.8 Å². The van der Waals surface area contributed by atoms with Crippen LogP contribution in [0, 0.1) is 0 Å². The summed E-state index contributed by atoms with van der Waals surface area (Å²) in [6, 6.07) is 4.93. The highest BCUT2D eigenvalue weighted by atomic mass is 16.2. The van der Waals surface area contributed by atoms with Crippen LogP contribution >= 0.6 is 0 Å². The number of rotatable bonds is 4. The van der Waals surface area contributed by atoms with Crippen LogP contribution in [0.1, 0.15) is 30.3 Å². The largest absolute Gasteiger partial charge is 0.333 e. The van der Waals surface area contributed by atoms with Crippen LogP contribution in [0.5, 0.6) is 0 Å². The lowest BCUT2D eigenvalue weighted by atomic mass is 10.2. The molecule has 1 unspecified atom stereocenters. The highest BCUT2D eigenvalue weighted by Crippen LogP contribution is 2.12. The summed E-state index contributed by atoms with van der Waals surface area (Å²) in [5.41, 5.74) is 0.143. The standard InChI is InChI=1S/C13H19N3O2/c1-2-8-16(10-6-7-14-9-10)13(18)11-4-3-5-12(17)15-11/h3-5,10,14H,2,6-9H2,1H3,(H,15,17). The summed E-state index contributed by atoms with van der Waals surface area (Å²) in [4.78, 5) is 28.1. The Morgan fingerprint density at radius 3 is 2.94 bits per heavy atom. The SMILES string of the molecule is CCCN(C(=O)c1cccc(=O)[nH]1)C1CCNC1. The summed E-state index contributed by atoms with van der Waals surface area (Å²) in [7, 11) is 0. The van der Waals surface area contributed by atoms with Gasteiger partial charge in [-0.3, -0.25) is 9.59 Å². The number of carbonyl (C=O) groups excluding carboxylic acids is 1. The average molecular weight is 249 g/mol. The number of H-pyrrole nitrogens is 1. The van der Waals surface area contributed by atoms with Gasteiger partial charge in [0.15, 0.2) is 0 Å². The molecule has 1 aliphatic rings. The molecule has 18 heavy (non-hydrogen) atoms. The highest BCUT2D eigenvalue weighted by molar-refractivity contribution is 5.92. The van der Waals surface area contributed by atoms with Gasteiger partial charge in [-0.1, -0.05) is 13.0 Å². The molecule has 1 aromatic heterocycles. The number of aromatic amines is 1. The van der Waals surface area contributed by atoms with E-state index in [9.17, 15) is 9.59 Å². The van der Waals surface area contributed by atoms with Gasteiger partial charge >= 0.3 is 0 Å². The molecule has 1 saturated heterocycles. The van der Waals surface area contributed by atoms with Crippen molar-refractivity contribution in [2.75, 3.05) is 19.6 Å². The van der Waals surface area contributed by atoms with Gasteiger partial charge in [0.05, 0.1) is 0 Å². The molecule has 2 rings (SSSR count). The normalized spacial score (nSPS) is 18.8. The first-order valence-electron chi connectivity index (χ1n) is 6.43. The van der Waals surface area contributed by atoms with E-state index in [1.54, 1.807) is 12.1 Å². The molecular formula is C13H19N3O2. The van der Waals surface area contributed by atoms with Crippen molar-refractivity contribution in [2.24, 2.45) is 0 Å². The van der Waals surface area contributed by atoms with E-state index in [1.165, 1.54) is 6.07 Å². The third-order valence-electron chi connectivity index (χ3n) is 3.20. The van der Waals surface area contributed by atoms with Crippen LogP contribution in [-0.4, -0.2) is 41.5 Å². The van der Waals surface area contributed by atoms with Crippen LogP contribution in [0.15, 0.2) is 23.0 Å². The molecule has 1 fully saturated rings. The maximum Gasteiger partial charge on any atom is 0.270 e. The molecule has 2 N–H and O–H groups in total. The second-order valence-electron chi connectivity index (χ2n) is 4.57. The molecule has 1 amide bonds. The van der Waals surface area contributed by atoms with Crippen molar-refractivity contribution >= 4 is 5.91 Å². The fourth-order valence-electron chi connectivity index (χ4n) is 2.32. The van der Waals surface area contributed by atoms with Crippen molar-refractivity contribution in [1.29, 1.82) is 0 Å². The van der Waals surface area contributed by atoms with E-state index >= 15 is 0 Å². The lowest BCUT2D eigenvalue weighted by Gasteiger charge is -2.28. The monoisotopic (exact) mass is 249 g/mol. The zero-order valence-electron chi connectivity index (χ0n) is 10.6. The molecule has 0 radical (unpaired) electrons. The molecular weight excluding hydrogens is 230 g/mol. The fraction of sp³-hybridized carbons (Fsp3) is 0.538. The van der Waals surface area contributed by atoms with Crippen LogP contribution in [0.2, 0.25) is 0 Å². The number of nitrogens with one attached hydrogen (secondary N) is 2. The summed E-state index contributed by atoms with van der Waals surface area (Å²) in [6.07, 6.45) is 1.89. The molecule has 5 heteroatoms. The van der Waals surface area contributed by atoms with Gasteiger partial charge in [-0.15, -0.1) is 0 Å². The molecule has 1 aliphatic heterocycles. The summed E-state index contributed by atoms with van der Waals surface area (Å²) in [5, 5.41) is 3.26. The van der Waals surface area contributed by atoms with Crippen LogP contribution in [0.3, 0.4) is 0 Å². The number of nitrogens with zero attached hydrogens (tertiary/aromatic N) is 1. The Labute approximate surface area is 106 Å². The van der Waals surface area contributed by atoms with E-state index in [-0.39, 0.29) is 17.5 Å². The van der Waals surface area contributed by atoms with Crippen molar-refractivity contribution < 1.29 is 4.79 Å². The smallest absolute Gasteiger partial charge is 0.270 e. The summed E-state index contributed by atoms with van der Waals surface area (Å²) in [5.74, 6) is -0.0803. The zero-order valence-corrected chi connectivity index (χ0v) is 10.6. The van der Waals surface area contributed by atoms with Crippen LogP contribution in [0.25, 0.3) is 0 Å². The minimum Gasteiger partial charge on any atom is -0.333 e. The Hall–Kier alpha value is -1.62. The van der Waals surface area contributed by atoms with E-state index in [2.05, 4.69) is 17.2 Å². The van der Waals surface area contributed by atoms with Gasteiger partial charge in [-0.2, -0.15) is 0 Å². The van der Waals surface area contributed by atoms with Gasteiger partial charge in [0.25, 0.3) is 5.91 Å². The van der Waals surface area contributed by atoms with Crippen molar-refractivity contribution in [3.8, 4) is 0 Å². The van der Waals surface area contributed by atoms with Gasteiger partial charge in [0.1, 0.15) is 5.69 Å². The number of carbonyl (C=O) groups is 1. The second kappa shape index (κ2) is 5.82. The summed E-state index contributed by atoms with van der Waals surface area (Å²) < 4.78 is 0. The van der Waals surface area contributed by atoms with E-state index in [4.69, 9.17) is 0 Å². The molecule has 1 aromatic rings. The van der Waals surface area contributed by atoms with Crippen molar-refractivity contribution in [3.63, 3.8) is 0 Å². The van der Waals surface area contributed by atoms with E-state index in [0.717, 1.165) is 32.5 Å². The van der Waals surface area contributed by atoms with Gasteiger partial charge in [0, 0.05) is 25.2 Å². The van der Waals surface area contributed by atoms with E-state index in [1.807, 2.05) is 4.90 Å². The molecule has 0 saturated carbocycles. The predicted molar refractivity (Wildman–Crippen MR) is 69.7 cm³/mol. The molecule has 0 aliphatic carbocycles. The molecule has 2 heterocycles. The van der Waals surface area contributed by atoms with Gasteiger partial charge in [0.2, 0.25) is 5.56 Å². The molecule has 1 atom stereocenters. The molecule has 0 bridgehead atoms.